The van der Waals surface area contributed by atoms with Crippen molar-refractivity contribution in [1.82, 2.24) is 0 Å². The summed E-state index contributed by atoms with van der Waals surface area (Å²) in [5, 5.41) is 5.10. The van der Waals surface area contributed by atoms with Crippen LogP contribution in [0.5, 0.6) is 0 Å². The summed E-state index contributed by atoms with van der Waals surface area (Å²) >= 11 is 0. The van der Waals surface area contributed by atoms with Crippen LogP contribution in [0.2, 0.25) is 0 Å². The monoisotopic (exact) mass is 299 g/mol. The summed E-state index contributed by atoms with van der Waals surface area (Å²) in [5.41, 5.74) is 0.673. The lowest BCUT2D eigenvalue weighted by atomic mass is 10.1. The van der Waals surface area contributed by atoms with Crippen molar-refractivity contribution < 1.29 is 22.7 Å². The highest BCUT2D eigenvalue weighted by Crippen LogP contribution is 2.17. The molecule has 1 unspecified atom stereocenters. The molecule has 1 aliphatic rings. The van der Waals surface area contributed by atoms with Crippen molar-refractivity contribution in [1.29, 1.82) is 0 Å². The number of rotatable bonds is 4. The van der Waals surface area contributed by atoms with Gasteiger partial charge < -0.3 is 9.47 Å². The maximum Gasteiger partial charge on any atom is 0.338 e. The number of carbonyl (C=O) groups is 1. The van der Waals surface area contributed by atoms with E-state index in [2.05, 4.69) is 0 Å². The summed E-state index contributed by atoms with van der Waals surface area (Å²) in [7, 11) is -3.85. The van der Waals surface area contributed by atoms with Gasteiger partial charge in [-0.15, -0.1) is 0 Å². The van der Waals surface area contributed by atoms with E-state index in [0.717, 1.165) is 6.42 Å². The maximum absolute atomic E-state index is 11.9. The van der Waals surface area contributed by atoms with Gasteiger partial charge in [0.15, 0.2) is 0 Å². The second-order valence-corrected chi connectivity index (χ2v) is 6.38. The lowest BCUT2D eigenvalue weighted by Gasteiger charge is -2.10. The third-order valence-electron chi connectivity index (χ3n) is 3.20. The predicted octanol–water partition coefficient (Wildman–Crippen LogP) is 0.836. The fourth-order valence-electron chi connectivity index (χ4n) is 2.03. The first-order chi connectivity index (χ1) is 9.38. The molecule has 1 saturated heterocycles. The van der Waals surface area contributed by atoms with Crippen molar-refractivity contribution in [3.63, 3.8) is 0 Å². The molecule has 2 N–H and O–H groups in total. The van der Waals surface area contributed by atoms with Crippen LogP contribution in [0.3, 0.4) is 0 Å². The molecule has 7 heteroatoms. The summed E-state index contributed by atoms with van der Waals surface area (Å²) in [6.07, 6.45) is 0.865. The first-order valence-corrected chi connectivity index (χ1v) is 7.81. The number of sulfonamides is 1. The molecule has 6 nitrogen and oxygen atoms in total. The number of nitrogens with two attached hydrogens (primary N) is 1. The van der Waals surface area contributed by atoms with Gasteiger partial charge in [-0.2, -0.15) is 0 Å². The van der Waals surface area contributed by atoms with Crippen molar-refractivity contribution in [2.24, 2.45) is 11.1 Å². The van der Waals surface area contributed by atoms with E-state index in [0.29, 0.717) is 18.8 Å². The Balaban J connectivity index is 2.10. The summed E-state index contributed by atoms with van der Waals surface area (Å²) < 4.78 is 33.2. The summed E-state index contributed by atoms with van der Waals surface area (Å²) in [6.45, 7) is 3.16. The molecule has 1 fully saturated rings. The van der Waals surface area contributed by atoms with E-state index >= 15 is 0 Å². The van der Waals surface area contributed by atoms with Crippen LogP contribution in [0.4, 0.5) is 0 Å². The second kappa shape index (κ2) is 5.90. The highest BCUT2D eigenvalue weighted by molar-refractivity contribution is 7.89. The molecule has 20 heavy (non-hydrogen) atoms. The molecule has 1 aromatic rings. The number of aryl methyl sites for hydroxylation is 1. The van der Waals surface area contributed by atoms with E-state index in [-0.39, 0.29) is 23.0 Å². The Kier molecular flexibility index (Phi) is 4.42. The molecule has 0 aliphatic carbocycles. The minimum Gasteiger partial charge on any atom is -0.462 e. The normalized spacial score (nSPS) is 19.0. The highest BCUT2D eigenvalue weighted by Gasteiger charge is 2.20. The lowest BCUT2D eigenvalue weighted by molar-refractivity contribution is 0.0428. The van der Waals surface area contributed by atoms with Crippen LogP contribution in [0.25, 0.3) is 0 Å². The van der Waals surface area contributed by atoms with Crippen LogP contribution in [-0.4, -0.2) is 34.2 Å². The third kappa shape index (κ3) is 3.56. The largest absolute Gasteiger partial charge is 0.462 e. The lowest BCUT2D eigenvalue weighted by Crippen LogP contribution is -2.17. The van der Waals surface area contributed by atoms with Crippen LogP contribution in [-0.2, 0) is 19.5 Å². The van der Waals surface area contributed by atoms with Gasteiger partial charge >= 0.3 is 5.97 Å². The Morgan fingerprint density at radius 2 is 2.25 bits per heavy atom. The van der Waals surface area contributed by atoms with E-state index in [9.17, 15) is 13.2 Å². The van der Waals surface area contributed by atoms with E-state index in [1.807, 2.05) is 0 Å². The van der Waals surface area contributed by atoms with Crippen LogP contribution in [0, 0.1) is 12.8 Å². The van der Waals surface area contributed by atoms with Crippen LogP contribution < -0.4 is 5.14 Å². The Hall–Kier alpha value is -1.44. The minimum absolute atomic E-state index is 0.0591. The van der Waals surface area contributed by atoms with E-state index in [1.54, 1.807) is 6.92 Å². The molecule has 0 radical (unpaired) electrons. The van der Waals surface area contributed by atoms with Gasteiger partial charge in [-0.1, -0.05) is 6.07 Å². The third-order valence-corrected chi connectivity index (χ3v) is 4.26. The van der Waals surface area contributed by atoms with E-state index < -0.39 is 16.0 Å². The fraction of sp³-hybridized carbons (Fsp3) is 0.462. The number of primary sulfonamides is 1. The van der Waals surface area contributed by atoms with Gasteiger partial charge in [0.25, 0.3) is 0 Å². The molecule has 1 atom stereocenters. The summed E-state index contributed by atoms with van der Waals surface area (Å²) in [6, 6.07) is 4.31. The maximum atomic E-state index is 11.9. The molecular weight excluding hydrogens is 282 g/mol. The number of hydrogen-bond acceptors (Lipinski definition) is 5. The number of benzene rings is 1. The van der Waals surface area contributed by atoms with Gasteiger partial charge in [-0.05, 0) is 31.0 Å². The zero-order valence-electron chi connectivity index (χ0n) is 11.2. The predicted molar refractivity (Wildman–Crippen MR) is 71.8 cm³/mol. The van der Waals surface area contributed by atoms with Crippen molar-refractivity contribution in [3.8, 4) is 0 Å². The Bertz CT molecular complexity index is 605. The van der Waals surface area contributed by atoms with Crippen molar-refractivity contribution in [2.75, 3.05) is 19.8 Å². The second-order valence-electron chi connectivity index (χ2n) is 4.85. The summed E-state index contributed by atoms with van der Waals surface area (Å²) in [4.78, 5) is 11.8. The first-order valence-electron chi connectivity index (χ1n) is 6.26. The van der Waals surface area contributed by atoms with Crippen molar-refractivity contribution >= 4 is 16.0 Å². The Morgan fingerprint density at radius 3 is 2.85 bits per heavy atom. The smallest absolute Gasteiger partial charge is 0.338 e. The van der Waals surface area contributed by atoms with Gasteiger partial charge in [0.1, 0.15) is 0 Å². The van der Waals surface area contributed by atoms with Crippen molar-refractivity contribution in [3.05, 3.63) is 29.3 Å². The minimum atomic E-state index is -3.85. The number of hydrogen-bond donors (Lipinski definition) is 1. The number of esters is 1. The van der Waals surface area contributed by atoms with E-state index in [4.69, 9.17) is 14.6 Å². The van der Waals surface area contributed by atoms with Gasteiger partial charge in [-0.3, -0.25) is 0 Å². The molecule has 110 valence electrons. The molecule has 0 saturated carbocycles. The Labute approximate surface area is 117 Å². The highest BCUT2D eigenvalue weighted by atomic mass is 32.2. The van der Waals surface area contributed by atoms with Crippen molar-refractivity contribution in [2.45, 2.75) is 18.2 Å². The molecule has 1 heterocycles. The zero-order valence-corrected chi connectivity index (χ0v) is 12.0. The molecule has 0 amide bonds. The van der Waals surface area contributed by atoms with Gasteiger partial charge in [-0.25, -0.2) is 18.4 Å². The van der Waals surface area contributed by atoms with Crippen LogP contribution >= 0.6 is 0 Å². The SMILES string of the molecule is Cc1ccc(C(=O)OCC2CCOC2)cc1S(N)(=O)=O. The van der Waals surface area contributed by atoms with Crippen LogP contribution in [0.1, 0.15) is 22.3 Å². The van der Waals surface area contributed by atoms with E-state index in [1.165, 1.54) is 18.2 Å². The molecule has 0 aromatic heterocycles. The van der Waals surface area contributed by atoms with Gasteiger partial charge in [0, 0.05) is 12.5 Å². The molecule has 0 bridgehead atoms. The van der Waals surface area contributed by atoms with Gasteiger partial charge in [0.05, 0.1) is 23.7 Å². The molecule has 1 aromatic carbocycles. The molecule has 0 spiro atoms. The zero-order chi connectivity index (χ0) is 14.8. The number of ether oxygens (including phenoxy) is 2. The average Bonchev–Trinajstić information content (AvgIpc) is 2.88. The Morgan fingerprint density at radius 1 is 1.50 bits per heavy atom. The molecular formula is C13H17NO5S. The summed E-state index contributed by atoms with van der Waals surface area (Å²) in [5.74, 6) is -0.344. The fourth-order valence-corrected chi connectivity index (χ4v) is 2.83. The molecule has 1 aliphatic heterocycles. The topological polar surface area (TPSA) is 95.7 Å². The molecule has 2 rings (SSSR count). The first kappa shape index (κ1) is 15.0. The average molecular weight is 299 g/mol. The van der Waals surface area contributed by atoms with Gasteiger partial charge in [0.2, 0.25) is 10.0 Å². The van der Waals surface area contributed by atoms with Crippen LogP contribution in [0.15, 0.2) is 23.1 Å². The quantitative estimate of drug-likeness (QED) is 0.831. The standard InChI is InChI=1S/C13H17NO5S/c1-9-2-3-11(6-12(9)20(14,16)17)13(15)19-8-10-4-5-18-7-10/h2-3,6,10H,4-5,7-8H2,1H3,(H2,14,16,17). The number of carbonyl (C=O) groups excluding carboxylic acids is 1.